The minimum Gasteiger partial charge on any atom is -0.309 e. The topological polar surface area (TPSA) is 65.7 Å². The number of para-hydroxylation sites is 2. The predicted molar refractivity (Wildman–Crippen MR) is 265 cm³/mol. The summed E-state index contributed by atoms with van der Waals surface area (Å²) >= 11 is 0. The smallest absolute Gasteiger partial charge is 0.180 e. The van der Waals surface area contributed by atoms with E-state index in [9.17, 15) is 5.26 Å². The highest BCUT2D eigenvalue weighted by Crippen LogP contribution is 2.59. The maximum Gasteiger partial charge on any atom is 0.180 e. The van der Waals surface area contributed by atoms with E-state index in [1.165, 1.54) is 31.9 Å². The summed E-state index contributed by atoms with van der Waals surface area (Å²) in [5.41, 5.74) is 9.82. The van der Waals surface area contributed by atoms with E-state index in [2.05, 4.69) is 175 Å². The second-order valence-electron chi connectivity index (χ2n) is 16.5. The molecule has 0 radical (unpaired) electrons. The Labute approximate surface area is 379 Å². The quantitative estimate of drug-likeness (QED) is 0.156. The van der Waals surface area contributed by atoms with E-state index in [0.717, 1.165) is 39.3 Å². The summed E-state index contributed by atoms with van der Waals surface area (Å²) in [7, 11) is -2.91. The molecule has 0 saturated carbocycles. The fourth-order valence-corrected chi connectivity index (χ4v) is 16.1. The first-order valence-corrected chi connectivity index (χ1v) is 23.9. The van der Waals surface area contributed by atoms with Gasteiger partial charge in [-0.3, -0.25) is 0 Å². The van der Waals surface area contributed by atoms with E-state index in [0.29, 0.717) is 28.6 Å². The first kappa shape index (κ1) is 38.2. The average molecular weight is 846 g/mol. The van der Waals surface area contributed by atoms with Crippen LogP contribution in [0.15, 0.2) is 237 Å². The lowest BCUT2D eigenvalue weighted by Gasteiger charge is -2.53. The van der Waals surface area contributed by atoms with Crippen LogP contribution in [-0.2, 0) is 5.41 Å². The first-order chi connectivity index (χ1) is 32.2. The van der Waals surface area contributed by atoms with Gasteiger partial charge in [0, 0.05) is 11.1 Å². The molecular formula is C59H39N5Si. The monoisotopic (exact) mass is 845 g/mol. The summed E-state index contributed by atoms with van der Waals surface area (Å²) in [6.45, 7) is 0. The Kier molecular flexibility index (Phi) is 9.04. The molecule has 0 N–H and O–H groups in total. The zero-order valence-electron chi connectivity index (χ0n) is 35.3. The van der Waals surface area contributed by atoms with Crippen molar-refractivity contribution in [1.29, 1.82) is 5.26 Å². The Morgan fingerprint density at radius 2 is 0.754 bits per heavy atom. The molecule has 0 unspecified atom stereocenters. The van der Waals surface area contributed by atoms with Gasteiger partial charge in [-0.2, -0.15) is 5.26 Å². The van der Waals surface area contributed by atoms with Crippen LogP contribution in [0.4, 0.5) is 17.1 Å². The summed E-state index contributed by atoms with van der Waals surface area (Å²) < 4.78 is 0. The van der Waals surface area contributed by atoms with Crippen LogP contribution >= 0.6 is 0 Å². The molecule has 65 heavy (non-hydrogen) atoms. The maximum absolute atomic E-state index is 11.0. The molecule has 1 aromatic heterocycles. The van der Waals surface area contributed by atoms with Crippen LogP contribution in [0.2, 0.25) is 0 Å². The van der Waals surface area contributed by atoms with Crippen LogP contribution in [0.1, 0.15) is 27.8 Å². The van der Waals surface area contributed by atoms with Gasteiger partial charge in [-0.05, 0) is 67.3 Å². The number of benzene rings is 9. The molecular weight excluding hydrogens is 807 g/mol. The molecule has 5 nitrogen and oxygen atoms in total. The van der Waals surface area contributed by atoms with Gasteiger partial charge in [0.25, 0.3) is 0 Å². The number of anilines is 3. The fourth-order valence-electron chi connectivity index (χ4n) is 10.8. The van der Waals surface area contributed by atoms with Gasteiger partial charge in [0.1, 0.15) is 0 Å². The second-order valence-corrected chi connectivity index (χ2v) is 20.3. The number of rotatable bonds is 6. The number of nitrogens with zero attached hydrogens (tertiary/aromatic N) is 5. The standard InChI is InChI=1S/C59H39N5Si/c60-40-43-26-21-37-52(55(43)58-62-56(41-22-5-1-6-23-41)61-57(63-58)42-24-7-2-8-25-42)64-50-35-17-13-31-46(50)59(47-32-14-18-36-51(47)64)48-33-15-19-38-53(48)65(44-27-9-3-10-28-44,45-29-11-4-12-30-45)54-39-20-16-34-49(54)59/h1-39H. The first-order valence-electron chi connectivity index (χ1n) is 21.9. The van der Waals surface area contributed by atoms with Gasteiger partial charge in [-0.15, -0.1) is 0 Å². The van der Waals surface area contributed by atoms with Gasteiger partial charge in [0.05, 0.1) is 39.7 Å². The summed E-state index contributed by atoms with van der Waals surface area (Å²) in [5.74, 6) is 1.49. The lowest BCUT2D eigenvalue weighted by molar-refractivity contribution is 0.736. The third-order valence-corrected chi connectivity index (χ3v) is 18.2. The van der Waals surface area contributed by atoms with Crippen LogP contribution in [-0.4, -0.2) is 23.0 Å². The van der Waals surface area contributed by atoms with E-state index in [-0.39, 0.29) is 0 Å². The van der Waals surface area contributed by atoms with E-state index >= 15 is 0 Å². The van der Waals surface area contributed by atoms with Gasteiger partial charge in [-0.1, -0.05) is 212 Å². The number of aromatic nitrogens is 3. The third-order valence-electron chi connectivity index (χ3n) is 13.3. The normalized spacial score (nSPS) is 13.7. The minimum atomic E-state index is -2.91. The van der Waals surface area contributed by atoms with E-state index in [1.807, 2.05) is 72.8 Å². The maximum atomic E-state index is 11.0. The van der Waals surface area contributed by atoms with Crippen LogP contribution in [0.25, 0.3) is 34.2 Å². The third kappa shape index (κ3) is 5.66. The van der Waals surface area contributed by atoms with Gasteiger partial charge in [-0.25, -0.2) is 15.0 Å². The van der Waals surface area contributed by atoms with Crippen molar-refractivity contribution < 1.29 is 0 Å². The van der Waals surface area contributed by atoms with E-state index in [1.54, 1.807) is 0 Å². The molecule has 0 fully saturated rings. The highest BCUT2D eigenvalue weighted by atomic mass is 28.3. The van der Waals surface area contributed by atoms with Crippen LogP contribution in [0, 0.1) is 11.3 Å². The molecule has 6 heteroatoms. The van der Waals surface area contributed by atoms with Crippen molar-refractivity contribution >= 4 is 45.9 Å². The van der Waals surface area contributed by atoms with Crippen molar-refractivity contribution in [3.05, 3.63) is 264 Å². The van der Waals surface area contributed by atoms with Crippen molar-refractivity contribution in [3.8, 4) is 40.2 Å². The molecule has 12 rings (SSSR count). The highest BCUT2D eigenvalue weighted by Gasteiger charge is 2.57. The molecule has 1 spiro atoms. The Hall–Kier alpha value is -8.50. The van der Waals surface area contributed by atoms with Crippen molar-refractivity contribution in [3.63, 3.8) is 0 Å². The molecule has 0 atom stereocenters. The number of hydrogen-bond acceptors (Lipinski definition) is 5. The molecule has 0 bridgehead atoms. The molecule has 0 aliphatic carbocycles. The summed E-state index contributed by atoms with van der Waals surface area (Å²) in [5, 5.41) is 16.4. The largest absolute Gasteiger partial charge is 0.309 e. The van der Waals surface area contributed by atoms with Gasteiger partial charge in [0.15, 0.2) is 25.5 Å². The van der Waals surface area contributed by atoms with Gasteiger partial charge in [0.2, 0.25) is 0 Å². The lowest BCUT2D eigenvalue weighted by Crippen LogP contribution is -2.79. The molecule has 0 saturated heterocycles. The number of hydrogen-bond donors (Lipinski definition) is 0. The molecule has 0 amide bonds. The van der Waals surface area contributed by atoms with Crippen molar-refractivity contribution in [2.75, 3.05) is 4.90 Å². The Morgan fingerprint density at radius 3 is 1.23 bits per heavy atom. The van der Waals surface area contributed by atoms with Crippen LogP contribution in [0.3, 0.4) is 0 Å². The summed E-state index contributed by atoms with van der Waals surface area (Å²) in [4.78, 5) is 17.7. The SMILES string of the molecule is N#Cc1cccc(N2c3ccccc3C3(c4ccccc42)c2ccccc2[Si](c2ccccc2)(c2ccccc2)c2ccccc23)c1-c1nc(-c2ccccc2)nc(-c2ccccc2)n1. The molecule has 2 aliphatic rings. The molecule has 10 aromatic rings. The highest BCUT2D eigenvalue weighted by molar-refractivity contribution is 7.20. The van der Waals surface area contributed by atoms with Crippen LogP contribution in [0.5, 0.6) is 0 Å². The van der Waals surface area contributed by atoms with Gasteiger partial charge < -0.3 is 4.90 Å². The molecule has 304 valence electrons. The van der Waals surface area contributed by atoms with Crippen molar-refractivity contribution in [2.24, 2.45) is 0 Å². The second kappa shape index (κ2) is 15.4. The lowest BCUT2D eigenvalue weighted by atomic mass is 9.62. The number of fused-ring (bicyclic) bond motifs is 8. The van der Waals surface area contributed by atoms with Crippen molar-refractivity contribution in [1.82, 2.24) is 15.0 Å². The summed E-state index contributed by atoms with van der Waals surface area (Å²) in [6, 6.07) is 86.9. The number of nitriles is 1. The Bertz CT molecular complexity index is 3260. The minimum absolute atomic E-state index is 0.426. The molecule has 2 aliphatic heterocycles. The van der Waals surface area contributed by atoms with Crippen molar-refractivity contribution in [2.45, 2.75) is 5.41 Å². The zero-order chi connectivity index (χ0) is 43.4. The van der Waals surface area contributed by atoms with Gasteiger partial charge >= 0.3 is 0 Å². The molecule has 9 aromatic carbocycles. The fraction of sp³-hybridized carbons (Fsp3) is 0.0169. The Balaban J connectivity index is 1.16. The average Bonchev–Trinajstić information content (AvgIpc) is 3.39. The molecule has 3 heterocycles. The summed E-state index contributed by atoms with van der Waals surface area (Å²) in [6.07, 6.45) is 0. The zero-order valence-corrected chi connectivity index (χ0v) is 36.3. The van der Waals surface area contributed by atoms with E-state index < -0.39 is 13.5 Å². The van der Waals surface area contributed by atoms with E-state index in [4.69, 9.17) is 15.0 Å². The van der Waals surface area contributed by atoms with Crippen LogP contribution < -0.4 is 25.6 Å². The Morgan fingerprint density at radius 1 is 0.369 bits per heavy atom. The predicted octanol–water partition coefficient (Wildman–Crippen LogP) is 10.6.